The third kappa shape index (κ3) is 4.10. The van der Waals surface area contributed by atoms with Crippen molar-refractivity contribution in [3.05, 3.63) is 28.8 Å². The van der Waals surface area contributed by atoms with Gasteiger partial charge in [0.1, 0.15) is 12.4 Å². The summed E-state index contributed by atoms with van der Waals surface area (Å²) in [5.74, 6) is -1.19. The van der Waals surface area contributed by atoms with Crippen LogP contribution in [0.25, 0.3) is 0 Å². The number of hydrogen-bond donors (Lipinski definition) is 2. The zero-order chi connectivity index (χ0) is 15.3. The summed E-state index contributed by atoms with van der Waals surface area (Å²) in [5.41, 5.74) is -0.453. The van der Waals surface area contributed by atoms with Gasteiger partial charge in [0.25, 0.3) is 0 Å². The Hall–Kier alpha value is -2.33. The zero-order valence-electron chi connectivity index (χ0n) is 9.99. The fourth-order valence-electron chi connectivity index (χ4n) is 1.32. The Bertz CT molecular complexity index is 564. The van der Waals surface area contributed by atoms with E-state index in [0.717, 1.165) is 11.0 Å². The van der Waals surface area contributed by atoms with E-state index in [-0.39, 0.29) is 11.6 Å². The van der Waals surface area contributed by atoms with Crippen LogP contribution in [0.4, 0.5) is 19.3 Å². The van der Waals surface area contributed by atoms with Crippen LogP contribution in [-0.4, -0.2) is 35.1 Å². The van der Waals surface area contributed by atoms with Crippen LogP contribution in [0, 0.1) is 24.0 Å². The molecule has 0 saturated carbocycles. The Morgan fingerprint density at radius 2 is 2.10 bits per heavy atom. The van der Waals surface area contributed by atoms with E-state index in [9.17, 15) is 18.4 Å². The number of rotatable bonds is 4. The van der Waals surface area contributed by atoms with Crippen molar-refractivity contribution in [2.45, 2.75) is 0 Å². The fourth-order valence-corrected chi connectivity index (χ4v) is 1.56. The monoisotopic (exact) mass is 302 g/mol. The molecule has 0 aliphatic rings. The van der Waals surface area contributed by atoms with E-state index in [4.69, 9.17) is 23.1 Å². The molecule has 0 spiro atoms. The summed E-state index contributed by atoms with van der Waals surface area (Å²) in [6.07, 6.45) is 5.00. The van der Waals surface area contributed by atoms with E-state index in [0.29, 0.717) is 6.07 Å². The van der Waals surface area contributed by atoms with E-state index < -0.39 is 35.9 Å². The molecular weight excluding hydrogens is 294 g/mol. The number of halogens is 3. The Balaban J connectivity index is 2.94. The quantitative estimate of drug-likeness (QED) is 0.838. The lowest BCUT2D eigenvalue weighted by molar-refractivity contribution is -0.137. The molecule has 1 aromatic rings. The summed E-state index contributed by atoms with van der Waals surface area (Å²) in [6, 6.07) is 0.380. The average Bonchev–Trinajstić information content (AvgIpc) is 2.32. The molecule has 0 atom stereocenters. The summed E-state index contributed by atoms with van der Waals surface area (Å²) in [5, 5.41) is 10.3. The highest BCUT2D eigenvalue weighted by Gasteiger charge is 2.19. The third-order valence-corrected chi connectivity index (χ3v) is 2.43. The van der Waals surface area contributed by atoms with Gasteiger partial charge in [-0.1, -0.05) is 17.5 Å². The molecule has 106 valence electrons. The van der Waals surface area contributed by atoms with Crippen molar-refractivity contribution in [3.8, 4) is 12.3 Å². The van der Waals surface area contributed by atoms with Crippen molar-refractivity contribution in [3.63, 3.8) is 0 Å². The standard InChI is InChI=1S/C12H9ClF2N2O3/c1-2-3-17(6-10(18)19)12(20)16-11-8(13)4-7(14)5-9(11)15/h1,4-5H,3,6H2,(H,16,20)(H,18,19). The lowest BCUT2D eigenvalue weighted by Crippen LogP contribution is -2.39. The lowest BCUT2D eigenvalue weighted by atomic mass is 10.3. The van der Waals surface area contributed by atoms with Crippen molar-refractivity contribution in [1.82, 2.24) is 4.90 Å². The molecular formula is C12H9ClF2N2O3. The van der Waals surface area contributed by atoms with Gasteiger partial charge in [-0.3, -0.25) is 4.79 Å². The van der Waals surface area contributed by atoms with E-state index in [2.05, 4.69) is 11.2 Å². The van der Waals surface area contributed by atoms with Crippen LogP contribution >= 0.6 is 11.6 Å². The number of carbonyl (C=O) groups is 2. The average molecular weight is 303 g/mol. The van der Waals surface area contributed by atoms with Gasteiger partial charge < -0.3 is 15.3 Å². The second-order valence-corrected chi connectivity index (χ2v) is 4.04. The highest BCUT2D eigenvalue weighted by Crippen LogP contribution is 2.26. The van der Waals surface area contributed by atoms with Crippen molar-refractivity contribution in [2.75, 3.05) is 18.4 Å². The van der Waals surface area contributed by atoms with Crippen LogP contribution < -0.4 is 5.32 Å². The van der Waals surface area contributed by atoms with Crippen LogP contribution in [-0.2, 0) is 4.79 Å². The van der Waals surface area contributed by atoms with Gasteiger partial charge in [-0.25, -0.2) is 13.6 Å². The Kier molecular flexibility index (Phi) is 5.29. The van der Waals surface area contributed by atoms with Gasteiger partial charge >= 0.3 is 12.0 Å². The molecule has 1 rings (SSSR count). The summed E-state index contributed by atoms with van der Waals surface area (Å²) in [7, 11) is 0. The molecule has 0 unspecified atom stereocenters. The van der Waals surface area contributed by atoms with E-state index >= 15 is 0 Å². The second kappa shape index (κ2) is 6.73. The maximum atomic E-state index is 13.5. The van der Waals surface area contributed by atoms with Gasteiger partial charge in [0.2, 0.25) is 0 Å². The molecule has 2 amide bonds. The van der Waals surface area contributed by atoms with Crippen LogP contribution in [0.3, 0.4) is 0 Å². The third-order valence-electron chi connectivity index (χ3n) is 2.13. The fraction of sp³-hybridized carbons (Fsp3) is 0.167. The molecule has 2 N–H and O–H groups in total. The number of carboxylic acid groups (broad SMARTS) is 1. The maximum absolute atomic E-state index is 13.5. The van der Waals surface area contributed by atoms with E-state index in [1.54, 1.807) is 0 Å². The molecule has 1 aromatic carbocycles. The SMILES string of the molecule is C#CCN(CC(=O)O)C(=O)Nc1c(F)cc(F)cc1Cl. The van der Waals surface area contributed by atoms with Crippen LogP contribution in [0.1, 0.15) is 0 Å². The molecule has 0 bridgehead atoms. The first-order chi connectivity index (χ1) is 9.35. The molecule has 0 heterocycles. The highest BCUT2D eigenvalue weighted by atomic mass is 35.5. The molecule has 0 fully saturated rings. The number of nitrogens with one attached hydrogen (secondary N) is 1. The minimum Gasteiger partial charge on any atom is -0.480 e. The molecule has 0 radical (unpaired) electrons. The lowest BCUT2D eigenvalue weighted by Gasteiger charge is -2.19. The molecule has 0 aliphatic carbocycles. The summed E-state index contributed by atoms with van der Waals surface area (Å²) in [6.45, 7) is -0.963. The van der Waals surface area contributed by atoms with Gasteiger partial charge in [-0.2, -0.15) is 0 Å². The summed E-state index contributed by atoms with van der Waals surface area (Å²) >= 11 is 5.60. The largest absolute Gasteiger partial charge is 0.480 e. The number of carboxylic acids is 1. The number of anilines is 1. The number of amides is 2. The number of nitrogens with zero attached hydrogens (tertiary/aromatic N) is 1. The van der Waals surface area contributed by atoms with E-state index in [1.165, 1.54) is 0 Å². The minimum absolute atomic E-state index is 0.293. The number of aliphatic carboxylic acids is 1. The van der Waals surface area contributed by atoms with Gasteiger partial charge in [0, 0.05) is 6.07 Å². The number of urea groups is 1. The predicted octanol–water partition coefficient (Wildman–Crippen LogP) is 2.17. The molecule has 5 nitrogen and oxygen atoms in total. The van der Waals surface area contributed by atoms with Gasteiger partial charge in [-0.15, -0.1) is 6.42 Å². The Labute approximate surface area is 118 Å². The first-order valence-electron chi connectivity index (χ1n) is 5.21. The van der Waals surface area contributed by atoms with Crippen LogP contribution in [0.5, 0.6) is 0 Å². The number of carbonyl (C=O) groups excluding carboxylic acids is 1. The maximum Gasteiger partial charge on any atom is 0.323 e. The Morgan fingerprint density at radius 1 is 1.45 bits per heavy atom. The summed E-state index contributed by atoms with van der Waals surface area (Å²) < 4.78 is 26.3. The van der Waals surface area contributed by atoms with Crippen LogP contribution in [0.15, 0.2) is 12.1 Å². The number of benzene rings is 1. The highest BCUT2D eigenvalue weighted by molar-refractivity contribution is 6.33. The Morgan fingerprint density at radius 3 is 2.60 bits per heavy atom. The smallest absolute Gasteiger partial charge is 0.323 e. The van der Waals surface area contributed by atoms with Crippen molar-refractivity contribution in [2.24, 2.45) is 0 Å². The van der Waals surface area contributed by atoms with E-state index in [1.807, 2.05) is 0 Å². The molecule has 8 heteroatoms. The van der Waals surface area contributed by atoms with Crippen molar-refractivity contribution < 1.29 is 23.5 Å². The zero-order valence-corrected chi connectivity index (χ0v) is 10.7. The second-order valence-electron chi connectivity index (χ2n) is 3.63. The molecule has 20 heavy (non-hydrogen) atoms. The minimum atomic E-state index is -1.29. The normalized spacial score (nSPS) is 9.70. The number of hydrogen-bond acceptors (Lipinski definition) is 2. The molecule has 0 aliphatic heterocycles. The van der Waals surface area contributed by atoms with Crippen molar-refractivity contribution >= 4 is 29.3 Å². The number of terminal acetylenes is 1. The van der Waals surface area contributed by atoms with Gasteiger partial charge in [0.15, 0.2) is 5.82 Å². The van der Waals surface area contributed by atoms with Gasteiger partial charge in [0.05, 0.1) is 17.3 Å². The first kappa shape index (κ1) is 15.7. The summed E-state index contributed by atoms with van der Waals surface area (Å²) in [4.78, 5) is 23.1. The topological polar surface area (TPSA) is 69.6 Å². The molecule has 0 aromatic heterocycles. The predicted molar refractivity (Wildman–Crippen MR) is 68.4 cm³/mol. The molecule has 0 saturated heterocycles. The van der Waals surface area contributed by atoms with Crippen molar-refractivity contribution in [1.29, 1.82) is 0 Å². The van der Waals surface area contributed by atoms with Gasteiger partial charge in [-0.05, 0) is 6.07 Å². The first-order valence-corrected chi connectivity index (χ1v) is 5.58. The van der Waals surface area contributed by atoms with Crippen LogP contribution in [0.2, 0.25) is 5.02 Å².